The Kier molecular flexibility index (Phi) is 3.55. The standard InChI is InChI=1S/C14H19N3O/c1-10-8-12(11(2)17(10)3)9-16-13-6-5-7-15-14(13)18-4/h5-8,16H,9H2,1-4H3. The van der Waals surface area contributed by atoms with Gasteiger partial charge in [-0.2, -0.15) is 0 Å². The third-order valence-corrected chi connectivity index (χ3v) is 3.31. The molecule has 0 unspecified atom stereocenters. The highest BCUT2D eigenvalue weighted by molar-refractivity contribution is 5.52. The average Bonchev–Trinajstić information content (AvgIpc) is 2.64. The summed E-state index contributed by atoms with van der Waals surface area (Å²) in [7, 11) is 3.71. The highest BCUT2D eigenvalue weighted by Gasteiger charge is 2.07. The first kappa shape index (κ1) is 12.5. The van der Waals surface area contributed by atoms with E-state index >= 15 is 0 Å². The molecule has 2 aromatic rings. The van der Waals surface area contributed by atoms with Crippen LogP contribution < -0.4 is 10.1 Å². The number of hydrogen-bond acceptors (Lipinski definition) is 3. The van der Waals surface area contributed by atoms with Crippen LogP contribution in [0.2, 0.25) is 0 Å². The number of anilines is 1. The number of aromatic nitrogens is 2. The molecular weight excluding hydrogens is 226 g/mol. The lowest BCUT2D eigenvalue weighted by molar-refractivity contribution is 0.399. The summed E-state index contributed by atoms with van der Waals surface area (Å²) in [6.45, 7) is 5.02. The van der Waals surface area contributed by atoms with E-state index in [-0.39, 0.29) is 0 Å². The Morgan fingerprint density at radius 1 is 1.39 bits per heavy atom. The van der Waals surface area contributed by atoms with Crippen molar-refractivity contribution in [2.75, 3.05) is 12.4 Å². The Morgan fingerprint density at radius 2 is 2.17 bits per heavy atom. The number of pyridine rings is 1. The largest absolute Gasteiger partial charge is 0.480 e. The number of rotatable bonds is 4. The molecule has 0 aromatic carbocycles. The lowest BCUT2D eigenvalue weighted by Gasteiger charge is -2.09. The maximum atomic E-state index is 5.21. The van der Waals surface area contributed by atoms with E-state index in [0.717, 1.165) is 12.2 Å². The second-order valence-corrected chi connectivity index (χ2v) is 4.37. The summed E-state index contributed by atoms with van der Waals surface area (Å²) < 4.78 is 7.41. The third kappa shape index (κ3) is 2.32. The second-order valence-electron chi connectivity index (χ2n) is 4.37. The van der Waals surface area contributed by atoms with E-state index in [1.54, 1.807) is 13.3 Å². The molecule has 0 radical (unpaired) electrons. The van der Waals surface area contributed by atoms with Crippen molar-refractivity contribution >= 4 is 5.69 Å². The molecule has 0 atom stereocenters. The minimum Gasteiger partial charge on any atom is -0.480 e. The molecule has 0 aliphatic rings. The van der Waals surface area contributed by atoms with Crippen LogP contribution >= 0.6 is 0 Å². The van der Waals surface area contributed by atoms with Gasteiger partial charge in [0.1, 0.15) is 0 Å². The van der Waals surface area contributed by atoms with Crippen molar-refractivity contribution in [3.05, 3.63) is 41.3 Å². The Labute approximate surface area is 108 Å². The average molecular weight is 245 g/mol. The molecule has 4 nitrogen and oxygen atoms in total. The molecule has 18 heavy (non-hydrogen) atoms. The molecule has 0 saturated heterocycles. The van der Waals surface area contributed by atoms with Crippen LogP contribution in [-0.4, -0.2) is 16.7 Å². The number of ether oxygens (including phenoxy) is 1. The first-order valence-corrected chi connectivity index (χ1v) is 5.98. The van der Waals surface area contributed by atoms with E-state index < -0.39 is 0 Å². The molecule has 4 heteroatoms. The predicted octanol–water partition coefficient (Wildman–Crippen LogP) is 2.66. The van der Waals surface area contributed by atoms with E-state index in [2.05, 4.69) is 41.8 Å². The lowest BCUT2D eigenvalue weighted by Crippen LogP contribution is -2.03. The molecule has 0 amide bonds. The highest BCUT2D eigenvalue weighted by Crippen LogP contribution is 2.22. The Bertz CT molecular complexity index is 546. The first-order valence-electron chi connectivity index (χ1n) is 5.98. The van der Waals surface area contributed by atoms with Crippen LogP contribution in [0.5, 0.6) is 5.88 Å². The van der Waals surface area contributed by atoms with Gasteiger partial charge in [-0.3, -0.25) is 0 Å². The SMILES string of the molecule is COc1ncccc1NCc1cc(C)n(C)c1C. The van der Waals surface area contributed by atoms with Crippen LogP contribution in [0.15, 0.2) is 24.4 Å². The normalized spacial score (nSPS) is 10.4. The third-order valence-electron chi connectivity index (χ3n) is 3.31. The molecule has 0 aliphatic carbocycles. The summed E-state index contributed by atoms with van der Waals surface area (Å²) >= 11 is 0. The van der Waals surface area contributed by atoms with Gasteiger partial charge in [-0.25, -0.2) is 4.98 Å². The molecule has 0 fully saturated rings. The number of nitrogens with one attached hydrogen (secondary N) is 1. The number of nitrogens with zero attached hydrogens (tertiary/aromatic N) is 2. The van der Waals surface area contributed by atoms with Crippen molar-refractivity contribution < 1.29 is 4.74 Å². The molecule has 2 rings (SSSR count). The Morgan fingerprint density at radius 3 is 2.78 bits per heavy atom. The summed E-state index contributed by atoms with van der Waals surface area (Å²) in [6.07, 6.45) is 1.72. The fourth-order valence-corrected chi connectivity index (χ4v) is 1.99. The van der Waals surface area contributed by atoms with Crippen molar-refractivity contribution in [2.45, 2.75) is 20.4 Å². The Balaban J connectivity index is 2.14. The first-order chi connectivity index (χ1) is 8.63. The number of methoxy groups -OCH3 is 1. The molecule has 2 aromatic heterocycles. The highest BCUT2D eigenvalue weighted by atomic mass is 16.5. The van der Waals surface area contributed by atoms with E-state index in [9.17, 15) is 0 Å². The molecule has 0 aliphatic heterocycles. The topological polar surface area (TPSA) is 39.1 Å². The summed E-state index contributed by atoms with van der Waals surface area (Å²) in [5.41, 5.74) is 4.76. The van der Waals surface area contributed by atoms with Gasteiger partial charge in [-0.15, -0.1) is 0 Å². The molecule has 0 bridgehead atoms. The van der Waals surface area contributed by atoms with Gasteiger partial charge in [-0.1, -0.05) is 0 Å². The second kappa shape index (κ2) is 5.12. The summed E-state index contributed by atoms with van der Waals surface area (Å²) in [6, 6.07) is 6.07. The lowest BCUT2D eigenvalue weighted by atomic mass is 10.2. The van der Waals surface area contributed by atoms with Crippen LogP contribution in [0, 0.1) is 13.8 Å². The molecular formula is C14H19N3O. The number of aryl methyl sites for hydroxylation is 1. The summed E-state index contributed by atoms with van der Waals surface area (Å²) in [4.78, 5) is 4.16. The van der Waals surface area contributed by atoms with E-state index in [0.29, 0.717) is 5.88 Å². The zero-order valence-corrected chi connectivity index (χ0v) is 11.3. The fraction of sp³-hybridized carbons (Fsp3) is 0.357. The van der Waals surface area contributed by atoms with Crippen molar-refractivity contribution in [2.24, 2.45) is 7.05 Å². The molecule has 0 spiro atoms. The van der Waals surface area contributed by atoms with Crippen LogP contribution in [0.25, 0.3) is 0 Å². The van der Waals surface area contributed by atoms with Crippen molar-refractivity contribution in [1.29, 1.82) is 0 Å². The summed E-state index contributed by atoms with van der Waals surface area (Å²) in [5.74, 6) is 0.628. The van der Waals surface area contributed by atoms with Gasteiger partial charge in [0, 0.05) is 31.2 Å². The van der Waals surface area contributed by atoms with E-state index in [4.69, 9.17) is 4.74 Å². The van der Waals surface area contributed by atoms with Crippen LogP contribution in [0.1, 0.15) is 17.0 Å². The minimum absolute atomic E-state index is 0.628. The van der Waals surface area contributed by atoms with Gasteiger partial charge >= 0.3 is 0 Å². The van der Waals surface area contributed by atoms with E-state index in [1.807, 2.05) is 12.1 Å². The minimum atomic E-state index is 0.628. The van der Waals surface area contributed by atoms with Gasteiger partial charge in [-0.05, 0) is 37.6 Å². The van der Waals surface area contributed by atoms with Gasteiger partial charge < -0.3 is 14.6 Å². The van der Waals surface area contributed by atoms with Crippen LogP contribution in [0.4, 0.5) is 5.69 Å². The Hall–Kier alpha value is -1.97. The quantitative estimate of drug-likeness (QED) is 0.900. The number of hydrogen-bond donors (Lipinski definition) is 1. The maximum Gasteiger partial charge on any atom is 0.237 e. The monoisotopic (exact) mass is 245 g/mol. The van der Waals surface area contributed by atoms with E-state index in [1.165, 1.54) is 17.0 Å². The van der Waals surface area contributed by atoms with Crippen LogP contribution in [0.3, 0.4) is 0 Å². The van der Waals surface area contributed by atoms with Crippen molar-refractivity contribution in [3.63, 3.8) is 0 Å². The zero-order valence-electron chi connectivity index (χ0n) is 11.3. The van der Waals surface area contributed by atoms with Gasteiger partial charge in [0.2, 0.25) is 5.88 Å². The smallest absolute Gasteiger partial charge is 0.237 e. The molecule has 1 N–H and O–H groups in total. The molecule has 0 saturated carbocycles. The fourth-order valence-electron chi connectivity index (χ4n) is 1.99. The van der Waals surface area contributed by atoms with Gasteiger partial charge in [0.25, 0.3) is 0 Å². The molecule has 2 heterocycles. The predicted molar refractivity (Wildman–Crippen MR) is 73.0 cm³/mol. The maximum absolute atomic E-state index is 5.21. The summed E-state index contributed by atoms with van der Waals surface area (Å²) in [5, 5.41) is 3.36. The van der Waals surface area contributed by atoms with Crippen molar-refractivity contribution in [1.82, 2.24) is 9.55 Å². The molecule has 96 valence electrons. The van der Waals surface area contributed by atoms with Crippen molar-refractivity contribution in [3.8, 4) is 5.88 Å². The van der Waals surface area contributed by atoms with Crippen LogP contribution in [-0.2, 0) is 13.6 Å². The zero-order chi connectivity index (χ0) is 13.1. The van der Waals surface area contributed by atoms with Gasteiger partial charge in [0.05, 0.1) is 12.8 Å². The van der Waals surface area contributed by atoms with Gasteiger partial charge in [0.15, 0.2) is 0 Å².